The van der Waals surface area contributed by atoms with Crippen molar-refractivity contribution in [1.82, 2.24) is 9.62 Å². The molecule has 1 aromatic rings. The van der Waals surface area contributed by atoms with Gasteiger partial charge in [0, 0.05) is 12.6 Å². The van der Waals surface area contributed by atoms with Crippen LogP contribution in [0.15, 0.2) is 29.2 Å². The molecule has 1 aliphatic rings. The summed E-state index contributed by atoms with van der Waals surface area (Å²) in [6.45, 7) is 6.34. The summed E-state index contributed by atoms with van der Waals surface area (Å²) in [5, 5.41) is 3.29. The second kappa shape index (κ2) is 6.70. The van der Waals surface area contributed by atoms with Crippen LogP contribution in [-0.2, 0) is 10.0 Å². The Bertz CT molecular complexity index is 537. The van der Waals surface area contributed by atoms with Gasteiger partial charge in [-0.2, -0.15) is 4.31 Å². The van der Waals surface area contributed by atoms with E-state index in [0.29, 0.717) is 11.4 Å². The van der Waals surface area contributed by atoms with Gasteiger partial charge in [0.2, 0.25) is 10.0 Å². The Hall–Kier alpha value is -0.910. The highest BCUT2D eigenvalue weighted by Gasteiger charge is 2.31. The second-order valence-corrected chi connectivity index (χ2v) is 7.30. The molecule has 4 nitrogen and oxygen atoms in total. The summed E-state index contributed by atoms with van der Waals surface area (Å²) in [5.41, 5.74) is 0.979. The third kappa shape index (κ3) is 3.40. The highest BCUT2D eigenvalue weighted by atomic mass is 32.2. The maximum atomic E-state index is 12.9. The first-order valence-electron chi connectivity index (χ1n) is 7.35. The lowest BCUT2D eigenvalue weighted by molar-refractivity contribution is 0.262. The second-order valence-electron chi connectivity index (χ2n) is 5.41. The molecular weight excluding hydrogens is 272 g/mol. The Morgan fingerprint density at radius 3 is 2.60 bits per heavy atom. The van der Waals surface area contributed by atoms with E-state index in [1.807, 2.05) is 26.0 Å². The third-order valence-corrected chi connectivity index (χ3v) is 5.70. The lowest BCUT2D eigenvalue weighted by atomic mass is 10.1. The van der Waals surface area contributed by atoms with Gasteiger partial charge in [-0.15, -0.1) is 0 Å². The summed E-state index contributed by atoms with van der Waals surface area (Å²) in [5.74, 6) is 0. The fraction of sp³-hybridized carbons (Fsp3) is 0.600. The monoisotopic (exact) mass is 296 g/mol. The SMILES string of the molecule is CCCN(C1CCNCC1)S(=O)(=O)c1cccc(C)c1. The number of nitrogens with one attached hydrogen (secondary N) is 1. The lowest BCUT2D eigenvalue weighted by Crippen LogP contribution is -2.46. The summed E-state index contributed by atoms with van der Waals surface area (Å²) in [4.78, 5) is 0.421. The molecule has 5 heteroatoms. The molecule has 0 atom stereocenters. The highest BCUT2D eigenvalue weighted by molar-refractivity contribution is 7.89. The van der Waals surface area contributed by atoms with Gasteiger partial charge in [0.15, 0.2) is 0 Å². The van der Waals surface area contributed by atoms with Crippen molar-refractivity contribution in [2.45, 2.75) is 44.0 Å². The number of sulfonamides is 1. The summed E-state index contributed by atoms with van der Waals surface area (Å²) < 4.78 is 27.5. The van der Waals surface area contributed by atoms with Gasteiger partial charge in [0.25, 0.3) is 0 Å². The maximum Gasteiger partial charge on any atom is 0.243 e. The third-order valence-electron chi connectivity index (χ3n) is 3.76. The van der Waals surface area contributed by atoms with E-state index in [-0.39, 0.29) is 6.04 Å². The lowest BCUT2D eigenvalue weighted by Gasteiger charge is -2.33. The molecule has 112 valence electrons. The van der Waals surface area contributed by atoms with Gasteiger partial charge in [-0.3, -0.25) is 0 Å². The normalized spacial score (nSPS) is 17.6. The minimum Gasteiger partial charge on any atom is -0.317 e. The van der Waals surface area contributed by atoms with E-state index in [4.69, 9.17) is 0 Å². The predicted octanol–water partition coefficient (Wildman–Crippen LogP) is 2.15. The van der Waals surface area contributed by atoms with E-state index in [1.165, 1.54) is 0 Å². The average Bonchev–Trinajstić information content (AvgIpc) is 2.45. The smallest absolute Gasteiger partial charge is 0.243 e. The summed E-state index contributed by atoms with van der Waals surface area (Å²) in [6, 6.07) is 7.33. The van der Waals surface area contributed by atoms with E-state index in [1.54, 1.807) is 16.4 Å². The van der Waals surface area contributed by atoms with E-state index >= 15 is 0 Å². The summed E-state index contributed by atoms with van der Waals surface area (Å²) in [6.07, 6.45) is 2.63. The molecule has 20 heavy (non-hydrogen) atoms. The maximum absolute atomic E-state index is 12.9. The van der Waals surface area contributed by atoms with Crippen molar-refractivity contribution in [1.29, 1.82) is 0 Å². The first-order valence-corrected chi connectivity index (χ1v) is 8.79. The summed E-state index contributed by atoms with van der Waals surface area (Å²) >= 11 is 0. The van der Waals surface area contributed by atoms with Crippen LogP contribution in [0.3, 0.4) is 0 Å². The van der Waals surface area contributed by atoms with Crippen molar-refractivity contribution >= 4 is 10.0 Å². The fourth-order valence-electron chi connectivity index (χ4n) is 2.73. The van der Waals surface area contributed by atoms with Gasteiger partial charge in [-0.25, -0.2) is 8.42 Å². The Balaban J connectivity index is 2.31. The highest BCUT2D eigenvalue weighted by Crippen LogP contribution is 2.23. The van der Waals surface area contributed by atoms with Crippen LogP contribution in [0.5, 0.6) is 0 Å². The van der Waals surface area contributed by atoms with Gasteiger partial charge in [-0.05, 0) is 57.0 Å². The standard InChI is InChI=1S/C15H24N2O2S/c1-3-11-17(14-7-9-16-10-8-14)20(18,19)15-6-4-5-13(2)12-15/h4-6,12,14,16H,3,7-11H2,1-2H3. The molecule has 0 saturated carbocycles. The molecule has 0 amide bonds. The number of rotatable bonds is 5. The van der Waals surface area contributed by atoms with Gasteiger partial charge >= 0.3 is 0 Å². The molecule has 1 N–H and O–H groups in total. The first kappa shape index (κ1) is 15.5. The molecule has 0 aromatic heterocycles. The van der Waals surface area contributed by atoms with Crippen LogP contribution in [0.25, 0.3) is 0 Å². The Morgan fingerprint density at radius 2 is 2.00 bits per heavy atom. The number of benzene rings is 1. The molecule has 1 aromatic carbocycles. The quantitative estimate of drug-likeness (QED) is 0.906. The molecule has 1 saturated heterocycles. The van der Waals surface area contributed by atoms with Gasteiger partial charge in [0.05, 0.1) is 4.90 Å². The van der Waals surface area contributed by atoms with Crippen molar-refractivity contribution < 1.29 is 8.42 Å². The van der Waals surface area contributed by atoms with Gasteiger partial charge in [-0.1, -0.05) is 19.1 Å². The zero-order valence-electron chi connectivity index (χ0n) is 12.3. The minimum absolute atomic E-state index is 0.127. The van der Waals surface area contributed by atoms with Gasteiger partial charge < -0.3 is 5.32 Å². The van der Waals surface area contributed by atoms with Crippen molar-refractivity contribution in [3.8, 4) is 0 Å². The predicted molar refractivity (Wildman–Crippen MR) is 81.3 cm³/mol. The minimum atomic E-state index is -3.38. The largest absolute Gasteiger partial charge is 0.317 e. The number of nitrogens with zero attached hydrogens (tertiary/aromatic N) is 1. The molecule has 1 aliphatic heterocycles. The molecule has 0 radical (unpaired) electrons. The zero-order chi connectivity index (χ0) is 14.6. The van der Waals surface area contributed by atoms with Crippen molar-refractivity contribution in [3.63, 3.8) is 0 Å². The topological polar surface area (TPSA) is 49.4 Å². The fourth-order valence-corrected chi connectivity index (χ4v) is 4.61. The van der Waals surface area contributed by atoms with Crippen LogP contribution in [0, 0.1) is 6.92 Å². The van der Waals surface area contributed by atoms with E-state index in [0.717, 1.165) is 37.9 Å². The van der Waals surface area contributed by atoms with Crippen LogP contribution in [0.1, 0.15) is 31.7 Å². The summed E-state index contributed by atoms with van der Waals surface area (Å²) in [7, 11) is -3.38. The van der Waals surface area contributed by atoms with Crippen LogP contribution < -0.4 is 5.32 Å². The molecule has 0 aliphatic carbocycles. The first-order chi connectivity index (χ1) is 9.55. The van der Waals surface area contributed by atoms with Crippen LogP contribution in [0.4, 0.5) is 0 Å². The number of piperidine rings is 1. The molecular formula is C15H24N2O2S. The molecule has 0 unspecified atom stereocenters. The molecule has 1 fully saturated rings. The van der Waals surface area contributed by atoms with Crippen molar-refractivity contribution in [2.24, 2.45) is 0 Å². The van der Waals surface area contributed by atoms with E-state index < -0.39 is 10.0 Å². The molecule has 2 rings (SSSR count). The number of aryl methyl sites for hydroxylation is 1. The van der Waals surface area contributed by atoms with Gasteiger partial charge in [0.1, 0.15) is 0 Å². The average molecular weight is 296 g/mol. The van der Waals surface area contributed by atoms with Crippen LogP contribution in [0.2, 0.25) is 0 Å². The zero-order valence-corrected chi connectivity index (χ0v) is 13.1. The Morgan fingerprint density at radius 1 is 1.30 bits per heavy atom. The van der Waals surface area contributed by atoms with Crippen LogP contribution in [-0.4, -0.2) is 38.4 Å². The van der Waals surface area contributed by atoms with Crippen LogP contribution >= 0.6 is 0 Å². The Labute approximate surface area is 122 Å². The van der Waals surface area contributed by atoms with Crippen molar-refractivity contribution in [3.05, 3.63) is 29.8 Å². The Kier molecular flexibility index (Phi) is 5.18. The number of hydrogen-bond donors (Lipinski definition) is 1. The van der Waals surface area contributed by atoms with E-state index in [9.17, 15) is 8.42 Å². The van der Waals surface area contributed by atoms with E-state index in [2.05, 4.69) is 5.32 Å². The molecule has 0 bridgehead atoms. The number of hydrogen-bond acceptors (Lipinski definition) is 3. The van der Waals surface area contributed by atoms with Crippen molar-refractivity contribution in [2.75, 3.05) is 19.6 Å². The molecule has 1 heterocycles. The molecule has 0 spiro atoms.